The van der Waals surface area contributed by atoms with Crippen LogP contribution < -0.4 is 10.6 Å². The van der Waals surface area contributed by atoms with Crippen molar-refractivity contribution in [3.63, 3.8) is 0 Å². The van der Waals surface area contributed by atoms with Crippen LogP contribution in [0.3, 0.4) is 0 Å². The molecule has 1 heterocycles. The fourth-order valence-corrected chi connectivity index (χ4v) is 1.66. The number of amides is 1. The minimum absolute atomic E-state index is 0.178. The highest BCUT2D eigenvalue weighted by atomic mass is 16.5. The third-order valence-electron chi connectivity index (χ3n) is 2.74. The van der Waals surface area contributed by atoms with Crippen LogP contribution in [0.25, 0.3) is 0 Å². The average molecular weight is 295 g/mol. The van der Waals surface area contributed by atoms with Gasteiger partial charge in [-0.2, -0.15) is 0 Å². The molecule has 0 radical (unpaired) electrons. The van der Waals surface area contributed by atoms with Crippen LogP contribution in [0.1, 0.15) is 22.6 Å². The second kappa shape index (κ2) is 9.25. The van der Waals surface area contributed by atoms with E-state index in [0.717, 1.165) is 18.7 Å². The van der Waals surface area contributed by atoms with E-state index >= 15 is 0 Å². The number of ether oxygens (including phenoxy) is 1. The largest absolute Gasteiger partial charge is 0.385 e. The lowest BCUT2D eigenvalue weighted by molar-refractivity contribution is 0.0946. The van der Waals surface area contributed by atoms with Gasteiger partial charge in [0.15, 0.2) is 0 Å². The Kier molecular flexibility index (Phi) is 7.63. The molecular weight excluding hydrogens is 270 g/mol. The van der Waals surface area contributed by atoms with Gasteiger partial charge in [-0.15, -0.1) is 0 Å². The molecule has 0 fully saturated rings. The zero-order chi connectivity index (χ0) is 15.7. The maximum atomic E-state index is 12.0. The normalized spacial score (nSPS) is 10.7. The summed E-state index contributed by atoms with van der Waals surface area (Å²) in [6.45, 7) is 4.61. The van der Waals surface area contributed by atoms with Gasteiger partial charge >= 0.3 is 0 Å². The van der Waals surface area contributed by atoms with Crippen molar-refractivity contribution in [3.8, 4) is 0 Å². The van der Waals surface area contributed by atoms with Gasteiger partial charge in [0.05, 0.1) is 0 Å². The summed E-state index contributed by atoms with van der Waals surface area (Å²) >= 11 is 0. The molecule has 0 saturated heterocycles. The predicted molar refractivity (Wildman–Crippen MR) is 82.6 cm³/mol. The molecule has 1 aromatic heterocycles. The number of rotatable bonds is 9. The number of hydrogen-bond acceptors (Lipinski definition) is 6. The molecule has 2 N–H and O–H groups in total. The molecule has 7 nitrogen and oxygen atoms in total. The topological polar surface area (TPSA) is 79.4 Å². The Morgan fingerprint density at radius 1 is 1.33 bits per heavy atom. The zero-order valence-corrected chi connectivity index (χ0v) is 13.3. The molecule has 0 aliphatic carbocycles. The molecule has 0 atom stereocenters. The first-order valence-electron chi connectivity index (χ1n) is 7.04. The minimum atomic E-state index is -0.178. The Hall–Kier alpha value is -1.73. The highest BCUT2D eigenvalue weighted by Crippen LogP contribution is 2.05. The maximum absolute atomic E-state index is 12.0. The van der Waals surface area contributed by atoms with Gasteiger partial charge in [-0.05, 0) is 33.5 Å². The van der Waals surface area contributed by atoms with Gasteiger partial charge in [0.25, 0.3) is 5.91 Å². The molecule has 0 aromatic carbocycles. The van der Waals surface area contributed by atoms with Crippen molar-refractivity contribution in [3.05, 3.63) is 17.5 Å². The van der Waals surface area contributed by atoms with Crippen LogP contribution in [0.5, 0.6) is 0 Å². The monoisotopic (exact) mass is 295 g/mol. The maximum Gasteiger partial charge on any atom is 0.270 e. The van der Waals surface area contributed by atoms with Crippen molar-refractivity contribution in [2.24, 2.45) is 0 Å². The lowest BCUT2D eigenvalue weighted by Crippen LogP contribution is -2.32. The van der Waals surface area contributed by atoms with Gasteiger partial charge in [0, 0.05) is 39.0 Å². The van der Waals surface area contributed by atoms with E-state index in [9.17, 15) is 4.79 Å². The summed E-state index contributed by atoms with van der Waals surface area (Å²) in [4.78, 5) is 22.6. The van der Waals surface area contributed by atoms with Crippen molar-refractivity contribution in [1.29, 1.82) is 0 Å². The minimum Gasteiger partial charge on any atom is -0.385 e. The van der Waals surface area contributed by atoms with Crippen molar-refractivity contribution in [2.45, 2.75) is 13.3 Å². The summed E-state index contributed by atoms with van der Waals surface area (Å²) in [6, 6.07) is 1.69. The number of carbonyl (C=O) groups excluding carboxylic acids is 1. The van der Waals surface area contributed by atoms with Gasteiger partial charge < -0.3 is 20.3 Å². The summed E-state index contributed by atoms with van der Waals surface area (Å²) in [5.41, 5.74) is 1.15. The first-order valence-corrected chi connectivity index (χ1v) is 7.04. The van der Waals surface area contributed by atoms with E-state index in [1.54, 1.807) is 13.2 Å². The summed E-state index contributed by atoms with van der Waals surface area (Å²) in [5.74, 6) is 0.297. The lowest BCUT2D eigenvalue weighted by atomic mass is 10.3. The van der Waals surface area contributed by atoms with Gasteiger partial charge in [0.1, 0.15) is 5.69 Å². The summed E-state index contributed by atoms with van der Waals surface area (Å²) in [5, 5.41) is 5.94. The lowest BCUT2D eigenvalue weighted by Gasteiger charge is -2.11. The standard InChI is InChI=1S/C14H25N5O2/c1-11-10-12(13(20)15-7-8-19(2)3)18-14(17-11)16-6-5-9-21-4/h10H,5-9H2,1-4H3,(H,15,20)(H,16,17,18). The van der Waals surface area contributed by atoms with Gasteiger partial charge in [-0.3, -0.25) is 4.79 Å². The van der Waals surface area contributed by atoms with Crippen LogP contribution >= 0.6 is 0 Å². The Labute approximate surface area is 126 Å². The molecule has 0 bridgehead atoms. The van der Waals surface area contributed by atoms with Crippen LogP contribution in [0.2, 0.25) is 0 Å². The third kappa shape index (κ3) is 7.01. The molecule has 0 saturated carbocycles. The molecular formula is C14H25N5O2. The molecule has 0 unspecified atom stereocenters. The number of aromatic nitrogens is 2. The number of nitrogens with zero attached hydrogens (tertiary/aromatic N) is 3. The Morgan fingerprint density at radius 3 is 2.76 bits per heavy atom. The number of carbonyl (C=O) groups is 1. The second-order valence-corrected chi connectivity index (χ2v) is 5.05. The third-order valence-corrected chi connectivity index (χ3v) is 2.74. The number of aryl methyl sites for hydroxylation is 1. The zero-order valence-electron chi connectivity index (χ0n) is 13.3. The van der Waals surface area contributed by atoms with E-state index in [0.29, 0.717) is 31.3 Å². The predicted octanol–water partition coefficient (Wildman–Crippen LogP) is 0.525. The van der Waals surface area contributed by atoms with Crippen LogP contribution in [0.15, 0.2) is 6.07 Å². The molecule has 1 amide bonds. The highest BCUT2D eigenvalue weighted by molar-refractivity contribution is 5.92. The van der Waals surface area contributed by atoms with E-state index < -0.39 is 0 Å². The quantitative estimate of drug-likeness (QED) is 0.647. The molecule has 0 aliphatic rings. The Bertz CT molecular complexity index is 451. The molecule has 0 aliphatic heterocycles. The summed E-state index contributed by atoms with van der Waals surface area (Å²) in [6.07, 6.45) is 0.859. The fraction of sp³-hybridized carbons (Fsp3) is 0.643. The molecule has 118 valence electrons. The number of nitrogens with one attached hydrogen (secondary N) is 2. The number of anilines is 1. The molecule has 21 heavy (non-hydrogen) atoms. The van der Waals surface area contributed by atoms with E-state index in [2.05, 4.69) is 20.6 Å². The first-order chi connectivity index (χ1) is 10.0. The van der Waals surface area contributed by atoms with E-state index in [1.165, 1.54) is 0 Å². The molecule has 1 aromatic rings. The van der Waals surface area contributed by atoms with Crippen molar-refractivity contribution < 1.29 is 9.53 Å². The van der Waals surface area contributed by atoms with Crippen LogP contribution in [0.4, 0.5) is 5.95 Å². The Balaban J connectivity index is 2.57. The van der Waals surface area contributed by atoms with Gasteiger partial charge in [0.2, 0.25) is 5.95 Å². The van der Waals surface area contributed by atoms with E-state index in [-0.39, 0.29) is 5.91 Å². The smallest absolute Gasteiger partial charge is 0.270 e. The summed E-state index contributed by atoms with van der Waals surface area (Å²) < 4.78 is 4.98. The average Bonchev–Trinajstić information content (AvgIpc) is 2.42. The van der Waals surface area contributed by atoms with E-state index in [4.69, 9.17) is 4.74 Å². The van der Waals surface area contributed by atoms with Gasteiger partial charge in [-0.1, -0.05) is 0 Å². The van der Waals surface area contributed by atoms with Crippen LogP contribution in [-0.2, 0) is 4.74 Å². The molecule has 7 heteroatoms. The van der Waals surface area contributed by atoms with Crippen LogP contribution in [0, 0.1) is 6.92 Å². The highest BCUT2D eigenvalue weighted by Gasteiger charge is 2.10. The van der Waals surface area contributed by atoms with Crippen molar-refractivity contribution in [2.75, 3.05) is 52.8 Å². The SMILES string of the molecule is COCCCNc1nc(C)cc(C(=O)NCCN(C)C)n1. The van der Waals surface area contributed by atoms with Crippen LogP contribution in [-0.4, -0.2) is 68.2 Å². The molecule has 0 spiro atoms. The first kappa shape index (κ1) is 17.3. The van der Waals surface area contributed by atoms with E-state index in [1.807, 2.05) is 25.9 Å². The Morgan fingerprint density at radius 2 is 2.10 bits per heavy atom. The van der Waals surface area contributed by atoms with Crippen molar-refractivity contribution >= 4 is 11.9 Å². The van der Waals surface area contributed by atoms with Crippen molar-refractivity contribution in [1.82, 2.24) is 20.2 Å². The number of hydrogen-bond donors (Lipinski definition) is 2. The number of likely N-dealkylation sites (N-methyl/N-ethyl adjacent to an activating group) is 1. The summed E-state index contributed by atoms with van der Waals surface area (Å²) in [7, 11) is 5.59. The fourth-order valence-electron chi connectivity index (χ4n) is 1.66. The molecule has 1 rings (SSSR count). The van der Waals surface area contributed by atoms with Gasteiger partial charge in [-0.25, -0.2) is 9.97 Å². The number of methoxy groups -OCH3 is 1. The second-order valence-electron chi connectivity index (χ2n) is 5.05.